The third kappa shape index (κ3) is 4.83. The first-order valence-electron chi connectivity index (χ1n) is 10.5. The number of carbonyl (C=O) groups excluding carboxylic acids is 2. The zero-order valence-electron chi connectivity index (χ0n) is 17.8. The first kappa shape index (κ1) is 21.6. The van der Waals surface area contributed by atoms with Crippen LogP contribution in [0.25, 0.3) is 5.69 Å². The molecule has 9 heteroatoms. The van der Waals surface area contributed by atoms with Gasteiger partial charge in [0.2, 0.25) is 5.91 Å². The number of benzene rings is 2. The first-order chi connectivity index (χ1) is 15.4. The highest BCUT2D eigenvalue weighted by Gasteiger charge is 2.24. The first-order valence-corrected chi connectivity index (χ1v) is 10.5. The predicted molar refractivity (Wildman–Crippen MR) is 118 cm³/mol. The van der Waals surface area contributed by atoms with E-state index in [2.05, 4.69) is 20.5 Å². The average Bonchev–Trinajstić information content (AvgIpc) is 3.17. The molecule has 32 heavy (non-hydrogen) atoms. The lowest BCUT2D eigenvalue weighted by atomic mass is 9.97. The second-order valence-corrected chi connectivity index (χ2v) is 8.04. The van der Waals surface area contributed by atoms with E-state index in [9.17, 15) is 14.0 Å². The van der Waals surface area contributed by atoms with Crippen molar-refractivity contribution >= 4 is 17.5 Å². The number of amides is 2. The van der Waals surface area contributed by atoms with Crippen LogP contribution in [0.15, 0.2) is 48.5 Å². The second-order valence-electron chi connectivity index (χ2n) is 8.04. The van der Waals surface area contributed by atoms with Crippen LogP contribution in [-0.4, -0.2) is 44.8 Å². The monoisotopic (exact) mass is 436 g/mol. The summed E-state index contributed by atoms with van der Waals surface area (Å²) in [6.45, 7) is 4.07. The maximum atomic E-state index is 13.2. The smallest absolute Gasteiger partial charge is 0.278 e. The average molecular weight is 436 g/mol. The van der Waals surface area contributed by atoms with E-state index < -0.39 is 0 Å². The Bertz CT molecular complexity index is 1110. The van der Waals surface area contributed by atoms with Crippen LogP contribution in [-0.2, 0) is 11.3 Å². The minimum absolute atomic E-state index is 0.0890. The minimum Gasteiger partial charge on any atom is -0.369 e. The molecule has 4 rings (SSSR count). The minimum atomic E-state index is -0.371. The highest BCUT2D eigenvalue weighted by molar-refractivity contribution is 6.03. The molecule has 1 aliphatic heterocycles. The summed E-state index contributed by atoms with van der Waals surface area (Å²) >= 11 is 0. The lowest BCUT2D eigenvalue weighted by Gasteiger charge is -2.31. The van der Waals surface area contributed by atoms with E-state index in [1.165, 1.54) is 16.8 Å². The number of carbonyl (C=O) groups is 2. The number of halogens is 1. The standard InChI is InChI=1S/C23H25FN6O2/c1-15-21(27-28-30(15)20-10-6-18(24)7-11-20)23(32)26-19-8-4-16(5-9-19)13-29-12-2-3-17(14-29)22(25)31/h4-11,17H,2-3,12-14H2,1H3,(H2,25,31)(H,26,32). The quantitative estimate of drug-likeness (QED) is 0.618. The molecule has 0 radical (unpaired) electrons. The third-order valence-corrected chi connectivity index (χ3v) is 5.71. The van der Waals surface area contributed by atoms with Crippen molar-refractivity contribution in [2.45, 2.75) is 26.3 Å². The van der Waals surface area contributed by atoms with Gasteiger partial charge in [-0.25, -0.2) is 9.07 Å². The maximum absolute atomic E-state index is 13.2. The van der Waals surface area contributed by atoms with Crippen molar-refractivity contribution in [3.8, 4) is 5.69 Å². The van der Waals surface area contributed by atoms with Gasteiger partial charge < -0.3 is 11.1 Å². The lowest BCUT2D eigenvalue weighted by Crippen LogP contribution is -2.40. The van der Waals surface area contributed by atoms with Crippen molar-refractivity contribution in [2.75, 3.05) is 18.4 Å². The van der Waals surface area contributed by atoms with Gasteiger partial charge in [-0.3, -0.25) is 14.5 Å². The largest absolute Gasteiger partial charge is 0.369 e. The molecule has 1 aliphatic rings. The van der Waals surface area contributed by atoms with E-state index in [0.29, 0.717) is 23.6 Å². The summed E-state index contributed by atoms with van der Waals surface area (Å²) in [5.74, 6) is -1.04. The van der Waals surface area contributed by atoms with E-state index in [4.69, 9.17) is 5.73 Å². The van der Waals surface area contributed by atoms with E-state index in [1.54, 1.807) is 19.1 Å². The Morgan fingerprint density at radius 2 is 1.88 bits per heavy atom. The van der Waals surface area contributed by atoms with Crippen LogP contribution >= 0.6 is 0 Å². The molecule has 1 aromatic heterocycles. The third-order valence-electron chi connectivity index (χ3n) is 5.71. The Balaban J connectivity index is 1.39. The summed E-state index contributed by atoms with van der Waals surface area (Å²) in [4.78, 5) is 26.4. The van der Waals surface area contributed by atoms with Gasteiger partial charge in [0.15, 0.2) is 5.69 Å². The summed E-state index contributed by atoms with van der Waals surface area (Å²) in [6, 6.07) is 13.4. The van der Waals surface area contributed by atoms with Crippen LogP contribution in [0.1, 0.15) is 34.6 Å². The van der Waals surface area contributed by atoms with Crippen LogP contribution < -0.4 is 11.1 Å². The number of nitrogens with one attached hydrogen (secondary N) is 1. The van der Waals surface area contributed by atoms with Crippen LogP contribution in [0.3, 0.4) is 0 Å². The van der Waals surface area contributed by atoms with E-state index in [0.717, 1.165) is 31.5 Å². The topological polar surface area (TPSA) is 106 Å². The Hall–Kier alpha value is -3.59. The van der Waals surface area contributed by atoms with Gasteiger partial charge in [0, 0.05) is 18.8 Å². The van der Waals surface area contributed by atoms with Crippen LogP contribution in [0.4, 0.5) is 10.1 Å². The number of primary amides is 1. The normalized spacial score (nSPS) is 16.6. The van der Waals surface area contributed by atoms with Gasteiger partial charge in [-0.05, 0) is 68.3 Å². The van der Waals surface area contributed by atoms with Crippen LogP contribution in [0.2, 0.25) is 0 Å². The summed E-state index contributed by atoms with van der Waals surface area (Å²) in [6.07, 6.45) is 1.81. The van der Waals surface area contributed by atoms with Crippen LogP contribution in [0.5, 0.6) is 0 Å². The van der Waals surface area contributed by atoms with E-state index in [-0.39, 0.29) is 29.2 Å². The SMILES string of the molecule is Cc1c(C(=O)Nc2ccc(CN3CCCC(C(N)=O)C3)cc2)nnn1-c1ccc(F)cc1. The molecule has 1 atom stereocenters. The van der Waals surface area contributed by atoms with Gasteiger partial charge in [0.1, 0.15) is 5.82 Å². The Morgan fingerprint density at radius 3 is 2.56 bits per heavy atom. The number of hydrogen-bond acceptors (Lipinski definition) is 5. The van der Waals surface area contributed by atoms with Crippen molar-refractivity contribution in [1.29, 1.82) is 0 Å². The van der Waals surface area contributed by atoms with Gasteiger partial charge in [-0.15, -0.1) is 5.10 Å². The Labute approximate surface area is 185 Å². The molecule has 0 spiro atoms. The summed E-state index contributed by atoms with van der Waals surface area (Å²) in [5, 5.41) is 10.8. The molecular formula is C23H25FN6O2. The molecule has 8 nitrogen and oxygen atoms in total. The molecule has 166 valence electrons. The fraction of sp³-hybridized carbons (Fsp3) is 0.304. The van der Waals surface area contributed by atoms with Crippen molar-refractivity contribution in [3.05, 3.63) is 71.3 Å². The number of nitrogens with zero attached hydrogens (tertiary/aromatic N) is 4. The van der Waals surface area contributed by atoms with Gasteiger partial charge in [0.25, 0.3) is 5.91 Å². The molecule has 0 aliphatic carbocycles. The molecule has 3 N–H and O–H groups in total. The number of aromatic nitrogens is 3. The number of rotatable bonds is 6. The number of anilines is 1. The van der Waals surface area contributed by atoms with Gasteiger partial charge in [-0.1, -0.05) is 17.3 Å². The maximum Gasteiger partial charge on any atom is 0.278 e. The highest BCUT2D eigenvalue weighted by Crippen LogP contribution is 2.20. The highest BCUT2D eigenvalue weighted by atomic mass is 19.1. The van der Waals surface area contributed by atoms with Crippen molar-refractivity contribution < 1.29 is 14.0 Å². The number of hydrogen-bond donors (Lipinski definition) is 2. The fourth-order valence-electron chi connectivity index (χ4n) is 3.94. The molecule has 0 bridgehead atoms. The molecule has 2 heterocycles. The summed E-state index contributed by atoms with van der Waals surface area (Å²) < 4.78 is 14.7. The Kier molecular flexibility index (Phi) is 6.27. The van der Waals surface area contributed by atoms with Gasteiger partial charge in [0.05, 0.1) is 17.3 Å². The fourth-order valence-corrected chi connectivity index (χ4v) is 3.94. The van der Waals surface area contributed by atoms with Crippen LogP contribution in [0, 0.1) is 18.7 Å². The second kappa shape index (κ2) is 9.27. The molecule has 1 saturated heterocycles. The molecular weight excluding hydrogens is 411 g/mol. The molecule has 3 aromatic rings. The molecule has 2 amide bonds. The van der Waals surface area contributed by atoms with Crippen molar-refractivity contribution in [3.63, 3.8) is 0 Å². The number of likely N-dealkylation sites (tertiary alicyclic amines) is 1. The number of nitrogens with two attached hydrogens (primary N) is 1. The lowest BCUT2D eigenvalue weighted by molar-refractivity contribution is -0.123. The number of piperidine rings is 1. The zero-order valence-corrected chi connectivity index (χ0v) is 17.8. The summed E-state index contributed by atoms with van der Waals surface area (Å²) in [7, 11) is 0. The molecule has 2 aromatic carbocycles. The van der Waals surface area contributed by atoms with Gasteiger partial charge >= 0.3 is 0 Å². The summed E-state index contributed by atoms with van der Waals surface area (Å²) in [5.41, 5.74) is 8.56. The zero-order chi connectivity index (χ0) is 22.7. The van der Waals surface area contributed by atoms with Crippen molar-refractivity contribution in [2.24, 2.45) is 11.7 Å². The molecule has 0 saturated carbocycles. The predicted octanol–water partition coefficient (Wildman–Crippen LogP) is 2.66. The van der Waals surface area contributed by atoms with Gasteiger partial charge in [-0.2, -0.15) is 0 Å². The molecule has 1 fully saturated rings. The van der Waals surface area contributed by atoms with Crippen molar-refractivity contribution in [1.82, 2.24) is 19.9 Å². The Morgan fingerprint density at radius 1 is 1.16 bits per heavy atom. The van der Waals surface area contributed by atoms with E-state index >= 15 is 0 Å². The molecule has 1 unspecified atom stereocenters. The van der Waals surface area contributed by atoms with E-state index in [1.807, 2.05) is 24.3 Å².